The van der Waals surface area contributed by atoms with Crippen LogP contribution in [-0.4, -0.2) is 48.5 Å². The van der Waals surface area contributed by atoms with Crippen LogP contribution in [0.3, 0.4) is 0 Å². The number of anilines is 2. The number of hydrogen-bond donors (Lipinski definition) is 2. The molecule has 2 heterocycles. The third-order valence-corrected chi connectivity index (χ3v) is 5.03. The molecule has 0 saturated heterocycles. The Labute approximate surface area is 160 Å². The van der Waals surface area contributed by atoms with Crippen molar-refractivity contribution in [1.82, 2.24) is 9.97 Å². The largest absolute Gasteiger partial charge is 0.493 e. The van der Waals surface area contributed by atoms with Gasteiger partial charge in [-0.1, -0.05) is 13.8 Å². The van der Waals surface area contributed by atoms with E-state index in [0.717, 1.165) is 42.6 Å². The summed E-state index contributed by atoms with van der Waals surface area (Å²) in [6, 6.07) is 6.01. The van der Waals surface area contributed by atoms with Crippen LogP contribution >= 0.6 is 0 Å². The van der Waals surface area contributed by atoms with Crippen LogP contribution in [0.15, 0.2) is 24.5 Å². The maximum atomic E-state index is 9.54. The number of hydrogen-bond acceptors (Lipinski definition) is 7. The molecule has 0 radical (unpaired) electrons. The average Bonchev–Trinajstić information content (AvgIpc) is 2.70. The van der Waals surface area contributed by atoms with E-state index in [2.05, 4.69) is 40.1 Å². The van der Waals surface area contributed by atoms with Crippen LogP contribution in [0.25, 0.3) is 0 Å². The molecule has 0 bridgehead atoms. The minimum atomic E-state index is -0.0356. The van der Waals surface area contributed by atoms with Gasteiger partial charge >= 0.3 is 0 Å². The minimum absolute atomic E-state index is 0.0356. The van der Waals surface area contributed by atoms with E-state index in [1.165, 1.54) is 11.1 Å². The molecule has 7 heteroatoms. The molecule has 0 amide bonds. The Balaban J connectivity index is 1.80. The number of methoxy groups -OCH3 is 2. The van der Waals surface area contributed by atoms with Gasteiger partial charge in [-0.25, -0.2) is 9.97 Å². The van der Waals surface area contributed by atoms with Crippen LogP contribution in [0.4, 0.5) is 11.6 Å². The fourth-order valence-electron chi connectivity index (χ4n) is 3.29. The molecule has 0 saturated carbocycles. The number of nitrogens with one attached hydrogen (secondary N) is 1. The van der Waals surface area contributed by atoms with Crippen LogP contribution in [-0.2, 0) is 13.0 Å². The second kappa shape index (κ2) is 8.43. The molecular weight excluding hydrogens is 344 g/mol. The van der Waals surface area contributed by atoms with Gasteiger partial charge in [0.1, 0.15) is 18.0 Å². The number of nitrogens with zero attached hydrogens (tertiary/aromatic N) is 3. The zero-order chi connectivity index (χ0) is 19.4. The summed E-state index contributed by atoms with van der Waals surface area (Å²) in [5.74, 6) is 3.41. The van der Waals surface area contributed by atoms with E-state index in [1.807, 2.05) is 12.1 Å². The van der Waals surface area contributed by atoms with Crippen LogP contribution in [0.5, 0.6) is 11.5 Å². The standard InChI is InChI=1S/C20H28N4O3/c1-13(2)16(11-25)23-19-9-20(22-12-21-19)24-6-5-14-7-17(26-3)18(27-4)8-15(14)10-24/h7-9,12-13,16,25H,5-6,10-11H2,1-4H3,(H,21,22,23)/t16-/m0/s1. The van der Waals surface area contributed by atoms with Crippen molar-refractivity contribution in [2.75, 3.05) is 37.6 Å². The maximum Gasteiger partial charge on any atom is 0.161 e. The number of rotatable bonds is 7. The summed E-state index contributed by atoms with van der Waals surface area (Å²) < 4.78 is 10.8. The lowest BCUT2D eigenvalue weighted by molar-refractivity contribution is 0.249. The molecule has 1 aromatic heterocycles. The van der Waals surface area contributed by atoms with Crippen molar-refractivity contribution in [3.8, 4) is 11.5 Å². The SMILES string of the molecule is COc1cc2c(cc1OC)CN(c1cc(N[C@@H](CO)C(C)C)ncn1)CC2. The Bertz CT molecular complexity index is 782. The highest BCUT2D eigenvalue weighted by Crippen LogP contribution is 2.34. The van der Waals surface area contributed by atoms with E-state index in [0.29, 0.717) is 5.92 Å². The molecule has 7 nitrogen and oxygen atoms in total. The summed E-state index contributed by atoms with van der Waals surface area (Å²) in [6.07, 6.45) is 2.48. The van der Waals surface area contributed by atoms with Gasteiger partial charge in [0.25, 0.3) is 0 Å². The first kappa shape index (κ1) is 19.2. The van der Waals surface area contributed by atoms with Crippen LogP contribution in [0.2, 0.25) is 0 Å². The second-order valence-electron chi connectivity index (χ2n) is 7.09. The van der Waals surface area contributed by atoms with Crippen molar-refractivity contribution in [3.63, 3.8) is 0 Å². The molecule has 1 aliphatic rings. The first-order valence-electron chi connectivity index (χ1n) is 9.23. The van der Waals surface area contributed by atoms with Crippen LogP contribution in [0.1, 0.15) is 25.0 Å². The van der Waals surface area contributed by atoms with Crippen molar-refractivity contribution in [1.29, 1.82) is 0 Å². The van der Waals surface area contributed by atoms with Gasteiger partial charge in [-0.05, 0) is 35.6 Å². The van der Waals surface area contributed by atoms with Crippen molar-refractivity contribution in [2.45, 2.75) is 32.9 Å². The molecule has 0 aliphatic carbocycles. The molecule has 1 aromatic carbocycles. The number of benzene rings is 1. The van der Waals surface area contributed by atoms with Crippen molar-refractivity contribution in [3.05, 3.63) is 35.7 Å². The number of aliphatic hydroxyl groups is 1. The molecule has 0 unspecified atom stereocenters. The third kappa shape index (κ3) is 4.24. The average molecular weight is 372 g/mol. The van der Waals surface area contributed by atoms with Crippen LogP contribution in [0, 0.1) is 5.92 Å². The number of aromatic nitrogens is 2. The van der Waals surface area contributed by atoms with Gasteiger partial charge < -0.3 is 24.8 Å². The van der Waals surface area contributed by atoms with Crippen molar-refractivity contribution < 1.29 is 14.6 Å². The predicted octanol–water partition coefficient (Wildman–Crippen LogP) is 2.49. The maximum absolute atomic E-state index is 9.54. The van der Waals surface area contributed by atoms with E-state index < -0.39 is 0 Å². The normalized spacial score (nSPS) is 14.7. The van der Waals surface area contributed by atoms with Gasteiger partial charge in [0.05, 0.1) is 26.9 Å². The van der Waals surface area contributed by atoms with E-state index in [4.69, 9.17) is 9.47 Å². The Morgan fingerprint density at radius 1 is 1.11 bits per heavy atom. The monoisotopic (exact) mass is 372 g/mol. The lowest BCUT2D eigenvalue weighted by atomic mass is 9.99. The fourth-order valence-corrected chi connectivity index (χ4v) is 3.29. The molecule has 0 spiro atoms. The van der Waals surface area contributed by atoms with E-state index in [-0.39, 0.29) is 12.6 Å². The topological polar surface area (TPSA) is 79.7 Å². The van der Waals surface area contributed by atoms with Gasteiger partial charge in [-0.3, -0.25) is 0 Å². The van der Waals surface area contributed by atoms with Gasteiger partial charge in [0, 0.05) is 19.2 Å². The molecule has 0 fully saturated rings. The molecular formula is C20H28N4O3. The zero-order valence-corrected chi connectivity index (χ0v) is 16.4. The van der Waals surface area contributed by atoms with Crippen molar-refractivity contribution in [2.24, 2.45) is 5.92 Å². The first-order valence-corrected chi connectivity index (χ1v) is 9.23. The van der Waals surface area contributed by atoms with Gasteiger partial charge in [-0.2, -0.15) is 0 Å². The lowest BCUT2D eigenvalue weighted by Gasteiger charge is -2.30. The summed E-state index contributed by atoms with van der Waals surface area (Å²) >= 11 is 0. The quantitative estimate of drug-likeness (QED) is 0.773. The smallest absolute Gasteiger partial charge is 0.161 e. The van der Waals surface area contributed by atoms with Gasteiger partial charge in [0.15, 0.2) is 11.5 Å². The highest BCUT2D eigenvalue weighted by molar-refractivity contribution is 5.54. The first-order chi connectivity index (χ1) is 13.0. The Morgan fingerprint density at radius 3 is 2.44 bits per heavy atom. The molecule has 2 N–H and O–H groups in total. The Hall–Kier alpha value is -2.54. The van der Waals surface area contributed by atoms with Crippen molar-refractivity contribution >= 4 is 11.6 Å². The highest BCUT2D eigenvalue weighted by atomic mass is 16.5. The van der Waals surface area contributed by atoms with E-state index in [1.54, 1.807) is 20.5 Å². The number of aliphatic hydroxyl groups excluding tert-OH is 1. The fraction of sp³-hybridized carbons (Fsp3) is 0.500. The summed E-state index contributed by atoms with van der Waals surface area (Å²) in [5.41, 5.74) is 2.49. The highest BCUT2D eigenvalue weighted by Gasteiger charge is 2.21. The Kier molecular flexibility index (Phi) is 6.01. The molecule has 1 atom stereocenters. The predicted molar refractivity (Wildman–Crippen MR) is 106 cm³/mol. The summed E-state index contributed by atoms with van der Waals surface area (Å²) in [7, 11) is 3.31. The Morgan fingerprint density at radius 2 is 1.81 bits per heavy atom. The third-order valence-electron chi connectivity index (χ3n) is 5.03. The van der Waals surface area contributed by atoms with Gasteiger partial charge in [0.2, 0.25) is 0 Å². The molecule has 3 rings (SSSR count). The summed E-state index contributed by atoms with van der Waals surface area (Å²) in [4.78, 5) is 11.0. The summed E-state index contributed by atoms with van der Waals surface area (Å²) in [6.45, 7) is 5.82. The van der Waals surface area contributed by atoms with Gasteiger partial charge in [-0.15, -0.1) is 0 Å². The molecule has 146 valence electrons. The van der Waals surface area contributed by atoms with E-state index >= 15 is 0 Å². The van der Waals surface area contributed by atoms with Crippen LogP contribution < -0.4 is 19.7 Å². The summed E-state index contributed by atoms with van der Waals surface area (Å²) in [5, 5.41) is 12.8. The van der Waals surface area contributed by atoms with E-state index in [9.17, 15) is 5.11 Å². The minimum Gasteiger partial charge on any atom is -0.493 e. The zero-order valence-electron chi connectivity index (χ0n) is 16.4. The lowest BCUT2D eigenvalue weighted by Crippen LogP contribution is -2.32. The molecule has 27 heavy (non-hydrogen) atoms. The number of fused-ring (bicyclic) bond motifs is 1. The second-order valence-corrected chi connectivity index (χ2v) is 7.09. The molecule has 2 aromatic rings. The molecule has 1 aliphatic heterocycles. The number of ether oxygens (including phenoxy) is 2.